The molecule has 1 aromatic heterocycles. The van der Waals surface area contributed by atoms with E-state index in [1.807, 2.05) is 4.90 Å². The first kappa shape index (κ1) is 16.9. The van der Waals surface area contributed by atoms with Gasteiger partial charge in [0, 0.05) is 37.5 Å². The highest BCUT2D eigenvalue weighted by Gasteiger charge is 2.21. The van der Waals surface area contributed by atoms with Crippen LogP contribution in [-0.4, -0.2) is 21.4 Å². The van der Waals surface area contributed by atoms with Crippen molar-refractivity contribution < 1.29 is 14.1 Å². The highest BCUT2D eigenvalue weighted by atomic mass is 19.1. The number of halogens is 1. The molecule has 27 heavy (non-hydrogen) atoms. The molecule has 0 spiro atoms. The molecule has 7 nitrogen and oxygen atoms in total. The number of anilines is 1. The summed E-state index contributed by atoms with van der Waals surface area (Å²) in [5.41, 5.74) is 2.06. The lowest BCUT2D eigenvalue weighted by Crippen LogP contribution is -2.31. The van der Waals surface area contributed by atoms with Crippen LogP contribution in [-0.2, 0) is 13.0 Å². The van der Waals surface area contributed by atoms with E-state index in [4.69, 9.17) is 4.74 Å². The third-order valence-electron chi connectivity index (χ3n) is 4.35. The van der Waals surface area contributed by atoms with Crippen molar-refractivity contribution in [3.8, 4) is 11.6 Å². The summed E-state index contributed by atoms with van der Waals surface area (Å²) in [5.74, 6) is 0.954. The van der Waals surface area contributed by atoms with Gasteiger partial charge in [-0.25, -0.2) is 9.37 Å². The largest absolute Gasteiger partial charge is 0.439 e. The summed E-state index contributed by atoms with van der Waals surface area (Å²) >= 11 is 0. The van der Waals surface area contributed by atoms with Crippen LogP contribution in [0.5, 0.6) is 11.6 Å². The van der Waals surface area contributed by atoms with Gasteiger partial charge in [0.05, 0.1) is 4.92 Å². The third-order valence-corrected chi connectivity index (χ3v) is 4.35. The Morgan fingerprint density at radius 2 is 1.93 bits per heavy atom. The van der Waals surface area contributed by atoms with E-state index >= 15 is 0 Å². The maximum absolute atomic E-state index is 13.0. The molecule has 0 saturated carbocycles. The second-order valence-electron chi connectivity index (χ2n) is 6.13. The molecule has 0 bridgehead atoms. The van der Waals surface area contributed by atoms with Gasteiger partial charge in [-0.1, -0.05) is 6.07 Å². The fourth-order valence-corrected chi connectivity index (χ4v) is 2.99. The summed E-state index contributed by atoms with van der Waals surface area (Å²) < 4.78 is 18.7. The van der Waals surface area contributed by atoms with Crippen molar-refractivity contribution in [2.75, 3.05) is 11.4 Å². The zero-order valence-electron chi connectivity index (χ0n) is 14.2. The minimum atomic E-state index is -0.396. The second-order valence-corrected chi connectivity index (χ2v) is 6.13. The monoisotopic (exact) mass is 366 g/mol. The molecule has 0 amide bonds. The van der Waals surface area contributed by atoms with Crippen LogP contribution in [0, 0.1) is 15.9 Å². The van der Waals surface area contributed by atoms with Crippen molar-refractivity contribution in [2.24, 2.45) is 0 Å². The highest BCUT2D eigenvalue weighted by Crippen LogP contribution is 2.27. The van der Waals surface area contributed by atoms with Gasteiger partial charge in [0.1, 0.15) is 11.6 Å². The fourth-order valence-electron chi connectivity index (χ4n) is 2.99. The maximum Gasteiger partial charge on any atom is 0.269 e. The van der Waals surface area contributed by atoms with Gasteiger partial charge in [-0.05, 0) is 41.8 Å². The average Bonchev–Trinajstić information content (AvgIpc) is 2.69. The first-order valence-electron chi connectivity index (χ1n) is 8.36. The summed E-state index contributed by atoms with van der Waals surface area (Å²) in [7, 11) is 0. The van der Waals surface area contributed by atoms with Crippen LogP contribution in [0.2, 0.25) is 0 Å². The van der Waals surface area contributed by atoms with Gasteiger partial charge in [0.2, 0.25) is 11.8 Å². The molecule has 0 saturated heterocycles. The molecule has 4 rings (SSSR count). The molecular weight excluding hydrogens is 351 g/mol. The van der Waals surface area contributed by atoms with E-state index in [0.29, 0.717) is 30.7 Å². The first-order chi connectivity index (χ1) is 13.1. The van der Waals surface area contributed by atoms with Crippen LogP contribution in [0.15, 0.2) is 54.7 Å². The number of aromatic nitrogens is 2. The molecule has 0 N–H and O–H groups in total. The van der Waals surface area contributed by atoms with Crippen molar-refractivity contribution in [3.05, 3.63) is 81.8 Å². The minimum absolute atomic E-state index is 0.0740. The standard InChI is InChI=1S/C19H15FN4O3/c20-15-2-5-17(6-3-15)27-18-7-9-21-19(22-18)23-10-8-13-1-4-16(24(25)26)11-14(13)12-23/h1-7,9,11H,8,10,12H2. The van der Waals surface area contributed by atoms with Gasteiger partial charge in [0.15, 0.2) is 0 Å². The molecule has 0 fully saturated rings. The Morgan fingerprint density at radius 1 is 1.11 bits per heavy atom. The van der Waals surface area contributed by atoms with Crippen molar-refractivity contribution in [2.45, 2.75) is 13.0 Å². The van der Waals surface area contributed by atoms with E-state index in [2.05, 4.69) is 9.97 Å². The van der Waals surface area contributed by atoms with Gasteiger partial charge in [-0.15, -0.1) is 0 Å². The third kappa shape index (κ3) is 3.69. The van der Waals surface area contributed by atoms with Crippen molar-refractivity contribution in [1.29, 1.82) is 0 Å². The van der Waals surface area contributed by atoms with Gasteiger partial charge in [-0.3, -0.25) is 10.1 Å². The van der Waals surface area contributed by atoms with Gasteiger partial charge < -0.3 is 9.64 Å². The van der Waals surface area contributed by atoms with Crippen LogP contribution < -0.4 is 9.64 Å². The smallest absolute Gasteiger partial charge is 0.269 e. The van der Waals surface area contributed by atoms with E-state index in [9.17, 15) is 14.5 Å². The number of nitro groups is 1. The van der Waals surface area contributed by atoms with E-state index in [1.165, 1.54) is 30.3 Å². The SMILES string of the molecule is O=[N+]([O-])c1ccc2c(c1)CN(c1nccc(Oc3ccc(F)cc3)n1)CC2. The summed E-state index contributed by atoms with van der Waals surface area (Å²) in [5, 5.41) is 11.0. The van der Waals surface area contributed by atoms with E-state index in [-0.39, 0.29) is 11.5 Å². The number of nitro benzene ring substituents is 1. The molecule has 0 aliphatic carbocycles. The van der Waals surface area contributed by atoms with Crippen molar-refractivity contribution in [1.82, 2.24) is 9.97 Å². The second kappa shape index (κ2) is 6.99. The molecular formula is C19H15FN4O3. The van der Waals surface area contributed by atoms with Crippen molar-refractivity contribution in [3.63, 3.8) is 0 Å². The van der Waals surface area contributed by atoms with Crippen LogP contribution in [0.1, 0.15) is 11.1 Å². The predicted molar refractivity (Wildman–Crippen MR) is 96.4 cm³/mol. The Kier molecular flexibility index (Phi) is 4.37. The van der Waals surface area contributed by atoms with Crippen molar-refractivity contribution >= 4 is 11.6 Å². The van der Waals surface area contributed by atoms with Crippen LogP contribution >= 0.6 is 0 Å². The summed E-state index contributed by atoms with van der Waals surface area (Å²) in [6.07, 6.45) is 2.34. The van der Waals surface area contributed by atoms with Gasteiger partial charge >= 0.3 is 0 Å². The number of ether oxygens (including phenoxy) is 1. The number of rotatable bonds is 4. The normalized spacial score (nSPS) is 13.1. The van der Waals surface area contributed by atoms with Gasteiger partial charge in [-0.2, -0.15) is 4.98 Å². The predicted octanol–water partition coefficient (Wildman–Crippen LogP) is 3.88. The average molecular weight is 366 g/mol. The number of fused-ring (bicyclic) bond motifs is 1. The lowest BCUT2D eigenvalue weighted by molar-refractivity contribution is -0.384. The molecule has 2 aromatic carbocycles. The number of hydrogen-bond acceptors (Lipinski definition) is 6. The summed E-state index contributed by atoms with van der Waals surface area (Å²) in [4.78, 5) is 21.3. The lowest BCUT2D eigenvalue weighted by atomic mass is 9.99. The Labute approximate surface area is 154 Å². The van der Waals surface area contributed by atoms with Crippen LogP contribution in [0.3, 0.4) is 0 Å². The maximum atomic E-state index is 13.0. The molecule has 0 radical (unpaired) electrons. The molecule has 1 aliphatic heterocycles. The van der Waals surface area contributed by atoms with E-state index in [0.717, 1.165) is 17.5 Å². The molecule has 8 heteroatoms. The minimum Gasteiger partial charge on any atom is -0.439 e. The zero-order chi connectivity index (χ0) is 18.8. The first-order valence-corrected chi connectivity index (χ1v) is 8.36. The van der Waals surface area contributed by atoms with E-state index in [1.54, 1.807) is 24.4 Å². The quantitative estimate of drug-likeness (QED) is 0.515. The zero-order valence-corrected chi connectivity index (χ0v) is 14.2. The highest BCUT2D eigenvalue weighted by molar-refractivity contribution is 5.46. The molecule has 0 atom stereocenters. The summed E-state index contributed by atoms with van der Waals surface area (Å²) in [6, 6.07) is 12.2. The molecule has 0 unspecified atom stereocenters. The number of non-ortho nitro benzene ring substituents is 1. The Bertz CT molecular complexity index is 994. The van der Waals surface area contributed by atoms with Gasteiger partial charge in [0.25, 0.3) is 5.69 Å². The van der Waals surface area contributed by atoms with Crippen LogP contribution in [0.4, 0.5) is 16.0 Å². The Hall–Kier alpha value is -3.55. The topological polar surface area (TPSA) is 81.4 Å². The molecule has 3 aromatic rings. The Morgan fingerprint density at radius 3 is 2.70 bits per heavy atom. The van der Waals surface area contributed by atoms with Crippen LogP contribution in [0.25, 0.3) is 0 Å². The number of nitrogens with zero attached hydrogens (tertiary/aromatic N) is 4. The molecule has 136 valence electrons. The molecule has 1 aliphatic rings. The van der Waals surface area contributed by atoms with E-state index < -0.39 is 4.92 Å². The number of benzene rings is 2. The summed E-state index contributed by atoms with van der Waals surface area (Å²) in [6.45, 7) is 1.18. The Balaban J connectivity index is 1.55. The lowest BCUT2D eigenvalue weighted by Gasteiger charge is -2.28. The fraction of sp³-hybridized carbons (Fsp3) is 0.158. The number of hydrogen-bond donors (Lipinski definition) is 0. The molecule has 2 heterocycles.